The van der Waals surface area contributed by atoms with Gasteiger partial charge in [-0.3, -0.25) is 0 Å². The molecule has 0 aliphatic carbocycles. The van der Waals surface area contributed by atoms with E-state index in [2.05, 4.69) is 17.2 Å². The van der Waals surface area contributed by atoms with E-state index in [-0.39, 0.29) is 16.2 Å². The van der Waals surface area contributed by atoms with Crippen molar-refractivity contribution in [3.8, 4) is 0 Å². The minimum Gasteiger partial charge on any atom is -0.366 e. The number of nitrogens with one attached hydrogen (secondary N) is 1. The summed E-state index contributed by atoms with van der Waals surface area (Å²) in [5.41, 5.74) is 0. The van der Waals surface area contributed by atoms with Gasteiger partial charge in [0.2, 0.25) is 0 Å². The van der Waals surface area contributed by atoms with Gasteiger partial charge in [0.25, 0.3) is 0 Å². The Hall–Kier alpha value is -0.540. The molecule has 0 fully saturated rings. The first-order valence-electron chi connectivity index (χ1n) is 4.82. The summed E-state index contributed by atoms with van der Waals surface area (Å²) in [6.45, 7) is 2.55. The average Bonchev–Trinajstić information content (AvgIpc) is 2.17. The number of aromatic nitrogens is 1. The molecule has 0 spiro atoms. The molecule has 0 aliphatic rings. The van der Waals surface area contributed by atoms with Gasteiger partial charge in [0, 0.05) is 12.7 Å². The normalized spacial score (nSPS) is 12.5. The van der Waals surface area contributed by atoms with E-state index in [0.717, 1.165) is 12.8 Å². The average molecular weight is 251 g/mol. The molecule has 0 radical (unpaired) electrons. The first kappa shape index (κ1) is 12.5. The van der Waals surface area contributed by atoms with E-state index in [4.69, 9.17) is 23.2 Å². The predicted molar refractivity (Wildman–Crippen MR) is 62.2 cm³/mol. The highest BCUT2D eigenvalue weighted by Gasteiger charge is 2.07. The van der Waals surface area contributed by atoms with Gasteiger partial charge in [0.15, 0.2) is 11.6 Å². The molecule has 5 heteroatoms. The molecule has 2 nitrogen and oxygen atoms in total. The maximum absolute atomic E-state index is 13.2. The lowest BCUT2D eigenvalue weighted by atomic mass is 10.2. The van der Waals surface area contributed by atoms with Crippen LogP contribution in [0.2, 0.25) is 5.02 Å². The highest BCUT2D eigenvalue weighted by atomic mass is 35.5. The lowest BCUT2D eigenvalue weighted by Crippen LogP contribution is -2.15. The van der Waals surface area contributed by atoms with Crippen LogP contribution in [-0.2, 0) is 0 Å². The fourth-order valence-corrected chi connectivity index (χ4v) is 1.61. The van der Waals surface area contributed by atoms with Gasteiger partial charge < -0.3 is 5.32 Å². The number of anilines is 1. The van der Waals surface area contributed by atoms with Crippen LogP contribution in [0.1, 0.15) is 19.8 Å². The Kier molecular flexibility index (Phi) is 5.12. The maximum Gasteiger partial charge on any atom is 0.166 e. The van der Waals surface area contributed by atoms with Crippen LogP contribution >= 0.6 is 23.2 Å². The summed E-state index contributed by atoms with van der Waals surface area (Å²) < 4.78 is 13.2. The highest BCUT2D eigenvalue weighted by molar-refractivity contribution is 6.30. The van der Waals surface area contributed by atoms with Crippen LogP contribution in [0, 0.1) is 5.82 Å². The fourth-order valence-electron chi connectivity index (χ4n) is 1.17. The molecule has 0 aliphatic heterocycles. The van der Waals surface area contributed by atoms with Crippen LogP contribution in [0.25, 0.3) is 0 Å². The predicted octanol–water partition coefficient (Wildman–Crippen LogP) is 3.69. The van der Waals surface area contributed by atoms with Gasteiger partial charge in [-0.1, -0.05) is 24.9 Å². The summed E-state index contributed by atoms with van der Waals surface area (Å²) in [4.78, 5) is 3.83. The van der Waals surface area contributed by atoms with Gasteiger partial charge in [-0.05, 0) is 12.5 Å². The fraction of sp³-hybridized carbons (Fsp3) is 0.500. The minimum atomic E-state index is -0.456. The van der Waals surface area contributed by atoms with Gasteiger partial charge in [-0.15, -0.1) is 11.6 Å². The molecule has 1 rings (SSSR count). The topological polar surface area (TPSA) is 24.9 Å². The second-order valence-electron chi connectivity index (χ2n) is 3.25. The van der Waals surface area contributed by atoms with E-state index in [1.54, 1.807) is 0 Å². The summed E-state index contributed by atoms with van der Waals surface area (Å²) >= 11 is 11.5. The molecule has 1 aromatic rings. The van der Waals surface area contributed by atoms with Crippen molar-refractivity contribution in [1.29, 1.82) is 0 Å². The van der Waals surface area contributed by atoms with Crippen LogP contribution in [0.4, 0.5) is 10.2 Å². The van der Waals surface area contributed by atoms with Gasteiger partial charge in [-0.25, -0.2) is 9.37 Å². The van der Waals surface area contributed by atoms with Gasteiger partial charge >= 0.3 is 0 Å². The molecule has 0 aromatic carbocycles. The lowest BCUT2D eigenvalue weighted by Gasteiger charge is -2.10. The van der Waals surface area contributed by atoms with Crippen molar-refractivity contribution < 1.29 is 4.39 Å². The Bertz CT molecular complexity index is 320. The smallest absolute Gasteiger partial charge is 0.166 e. The lowest BCUT2D eigenvalue weighted by molar-refractivity contribution is 0.623. The Balaban J connectivity index is 2.50. The zero-order valence-electron chi connectivity index (χ0n) is 8.43. The van der Waals surface area contributed by atoms with Crippen LogP contribution in [0.5, 0.6) is 0 Å². The third kappa shape index (κ3) is 4.22. The van der Waals surface area contributed by atoms with E-state index in [0.29, 0.717) is 6.54 Å². The Morgan fingerprint density at radius 1 is 1.60 bits per heavy atom. The van der Waals surface area contributed by atoms with Gasteiger partial charge in [0.05, 0.1) is 10.4 Å². The van der Waals surface area contributed by atoms with Crippen LogP contribution in [-0.4, -0.2) is 16.9 Å². The molecule has 1 heterocycles. The van der Waals surface area contributed by atoms with E-state index in [1.165, 1.54) is 12.3 Å². The number of nitrogens with zero attached hydrogens (tertiary/aromatic N) is 1. The molecule has 1 atom stereocenters. The van der Waals surface area contributed by atoms with Crippen molar-refractivity contribution in [1.82, 2.24) is 4.98 Å². The molecule has 84 valence electrons. The number of rotatable bonds is 5. The van der Waals surface area contributed by atoms with Gasteiger partial charge in [-0.2, -0.15) is 0 Å². The number of hydrogen-bond donors (Lipinski definition) is 1. The quantitative estimate of drug-likeness (QED) is 0.807. The highest BCUT2D eigenvalue weighted by Crippen LogP contribution is 2.16. The molecule has 1 unspecified atom stereocenters. The zero-order chi connectivity index (χ0) is 11.3. The second kappa shape index (κ2) is 6.13. The number of pyridine rings is 1. The summed E-state index contributed by atoms with van der Waals surface area (Å²) in [5, 5.41) is 3.13. The zero-order valence-corrected chi connectivity index (χ0v) is 9.95. The molecule has 1 N–H and O–H groups in total. The molecular weight excluding hydrogens is 238 g/mol. The monoisotopic (exact) mass is 250 g/mol. The van der Waals surface area contributed by atoms with Crippen LogP contribution in [0.15, 0.2) is 12.3 Å². The Labute approximate surface area is 98.8 Å². The largest absolute Gasteiger partial charge is 0.366 e. The number of alkyl halides is 1. The van der Waals surface area contributed by atoms with Crippen molar-refractivity contribution in [3.63, 3.8) is 0 Å². The number of hydrogen-bond acceptors (Lipinski definition) is 2. The molecule has 0 bridgehead atoms. The Morgan fingerprint density at radius 2 is 2.33 bits per heavy atom. The van der Waals surface area contributed by atoms with Crippen molar-refractivity contribution in [2.75, 3.05) is 11.9 Å². The van der Waals surface area contributed by atoms with Crippen molar-refractivity contribution in [3.05, 3.63) is 23.1 Å². The van der Waals surface area contributed by atoms with Crippen LogP contribution < -0.4 is 5.32 Å². The van der Waals surface area contributed by atoms with E-state index >= 15 is 0 Å². The maximum atomic E-state index is 13.2. The molecule has 0 saturated carbocycles. The second-order valence-corrected chi connectivity index (χ2v) is 4.30. The summed E-state index contributed by atoms with van der Waals surface area (Å²) in [5.74, 6) is -0.260. The van der Waals surface area contributed by atoms with E-state index < -0.39 is 5.82 Å². The summed E-state index contributed by atoms with van der Waals surface area (Å²) in [7, 11) is 0. The Morgan fingerprint density at radius 3 is 2.93 bits per heavy atom. The van der Waals surface area contributed by atoms with E-state index in [9.17, 15) is 4.39 Å². The number of halogens is 3. The SMILES string of the molecule is CCCC(Cl)CNc1ncc(Cl)cc1F. The first-order chi connectivity index (χ1) is 7.13. The van der Waals surface area contributed by atoms with Crippen molar-refractivity contribution in [2.45, 2.75) is 25.1 Å². The minimum absolute atomic E-state index is 0.00752. The molecule has 1 aromatic heterocycles. The standard InChI is InChI=1S/C10H13Cl2FN2/c1-2-3-7(11)5-14-10-9(13)4-8(12)6-15-10/h4,6-7H,2-3,5H2,1H3,(H,14,15). The van der Waals surface area contributed by atoms with Crippen molar-refractivity contribution >= 4 is 29.0 Å². The molecule has 0 saturated heterocycles. The van der Waals surface area contributed by atoms with Crippen molar-refractivity contribution in [2.24, 2.45) is 0 Å². The molecule has 0 amide bonds. The van der Waals surface area contributed by atoms with E-state index in [1.807, 2.05) is 0 Å². The first-order valence-corrected chi connectivity index (χ1v) is 5.64. The third-order valence-electron chi connectivity index (χ3n) is 1.90. The van der Waals surface area contributed by atoms with Crippen LogP contribution in [0.3, 0.4) is 0 Å². The van der Waals surface area contributed by atoms with Gasteiger partial charge in [0.1, 0.15) is 0 Å². The molecule has 15 heavy (non-hydrogen) atoms. The summed E-state index contributed by atoms with van der Waals surface area (Å²) in [6, 6.07) is 1.22. The summed E-state index contributed by atoms with van der Waals surface area (Å²) in [6.07, 6.45) is 3.30. The third-order valence-corrected chi connectivity index (χ3v) is 2.48. The molecular formula is C10H13Cl2FN2.